The van der Waals surface area contributed by atoms with Crippen molar-refractivity contribution in [1.29, 1.82) is 0 Å². The van der Waals surface area contributed by atoms with Gasteiger partial charge in [-0.3, -0.25) is 4.79 Å². The highest BCUT2D eigenvalue weighted by molar-refractivity contribution is 5.76. The van der Waals surface area contributed by atoms with Gasteiger partial charge >= 0.3 is 12.1 Å². The Labute approximate surface area is 175 Å². The van der Waals surface area contributed by atoms with Crippen LogP contribution in [0.1, 0.15) is 32.1 Å². The van der Waals surface area contributed by atoms with E-state index in [1.54, 1.807) is 7.11 Å². The molecule has 0 aromatic carbocycles. The molecule has 2 saturated heterocycles. The quantitative estimate of drug-likeness (QED) is 0.657. The second-order valence-corrected chi connectivity index (χ2v) is 8.66. The zero-order chi connectivity index (χ0) is 22.4. The van der Waals surface area contributed by atoms with Crippen molar-refractivity contribution in [3.05, 3.63) is 0 Å². The fourth-order valence-corrected chi connectivity index (χ4v) is 4.31. The van der Waals surface area contributed by atoms with E-state index >= 15 is 0 Å². The van der Waals surface area contributed by atoms with Crippen LogP contribution in [-0.2, 0) is 19.1 Å². The maximum Gasteiger partial charge on any atom is 0.490 e. The van der Waals surface area contributed by atoms with E-state index in [0.717, 1.165) is 58.2 Å². The molecule has 3 aliphatic rings. The second kappa shape index (κ2) is 10.8. The molecule has 1 amide bonds. The molecule has 2 heterocycles. The Hall–Kier alpha value is -1.39. The van der Waals surface area contributed by atoms with Gasteiger partial charge in [-0.05, 0) is 44.1 Å². The number of aliphatic carboxylic acids is 1. The Balaban J connectivity index is 0.000000396. The lowest BCUT2D eigenvalue weighted by Crippen LogP contribution is -2.47. The number of carbonyl (C=O) groups excluding carboxylic acids is 1. The average molecular weight is 438 g/mol. The van der Waals surface area contributed by atoms with Crippen LogP contribution in [0.4, 0.5) is 13.2 Å². The number of amides is 1. The number of rotatable bonds is 7. The lowest BCUT2D eigenvalue weighted by molar-refractivity contribution is -0.192. The van der Waals surface area contributed by atoms with Crippen molar-refractivity contribution in [1.82, 2.24) is 9.80 Å². The molecule has 0 aromatic heterocycles. The summed E-state index contributed by atoms with van der Waals surface area (Å²) in [5.41, 5.74) is 0.357. The smallest absolute Gasteiger partial charge is 0.475 e. The van der Waals surface area contributed by atoms with Gasteiger partial charge in [-0.2, -0.15) is 13.2 Å². The van der Waals surface area contributed by atoms with Gasteiger partial charge in [0, 0.05) is 45.8 Å². The van der Waals surface area contributed by atoms with Gasteiger partial charge in [-0.15, -0.1) is 0 Å². The molecule has 1 spiro atoms. The second-order valence-electron chi connectivity index (χ2n) is 8.66. The SMILES string of the molecule is COCCC(=O)N1CCC2(CC1)CN(C)CC2COCC1CC1.O=C(O)C(F)(F)F. The monoisotopic (exact) mass is 438 g/mol. The molecule has 1 N–H and O–H groups in total. The van der Waals surface area contributed by atoms with E-state index in [1.165, 1.54) is 12.8 Å². The molecule has 2 aliphatic heterocycles. The highest BCUT2D eigenvalue weighted by atomic mass is 19.4. The molecular formula is C20H33F3N2O5. The van der Waals surface area contributed by atoms with Crippen molar-refractivity contribution < 1.29 is 37.3 Å². The summed E-state index contributed by atoms with van der Waals surface area (Å²) in [6.45, 7) is 6.48. The number of ether oxygens (including phenoxy) is 2. The molecule has 174 valence electrons. The molecule has 1 aliphatic carbocycles. The van der Waals surface area contributed by atoms with Crippen LogP contribution in [0.3, 0.4) is 0 Å². The number of hydrogen-bond donors (Lipinski definition) is 1. The largest absolute Gasteiger partial charge is 0.490 e. The number of carbonyl (C=O) groups is 2. The summed E-state index contributed by atoms with van der Waals surface area (Å²) >= 11 is 0. The predicted octanol–water partition coefficient (Wildman–Crippen LogP) is 2.25. The Morgan fingerprint density at radius 1 is 1.17 bits per heavy atom. The van der Waals surface area contributed by atoms with E-state index < -0.39 is 12.1 Å². The summed E-state index contributed by atoms with van der Waals surface area (Å²) in [5, 5.41) is 7.12. The molecule has 0 aromatic rings. The molecule has 3 fully saturated rings. The van der Waals surface area contributed by atoms with Gasteiger partial charge in [-0.25, -0.2) is 4.79 Å². The number of hydrogen-bond acceptors (Lipinski definition) is 5. The van der Waals surface area contributed by atoms with Gasteiger partial charge in [0.25, 0.3) is 0 Å². The van der Waals surface area contributed by atoms with Crippen LogP contribution in [0.15, 0.2) is 0 Å². The number of piperidine rings is 1. The van der Waals surface area contributed by atoms with Gasteiger partial charge in [-0.1, -0.05) is 0 Å². The first-order valence-electron chi connectivity index (χ1n) is 10.4. The number of likely N-dealkylation sites (tertiary alicyclic amines) is 2. The van der Waals surface area contributed by atoms with Gasteiger partial charge in [0.2, 0.25) is 5.91 Å². The van der Waals surface area contributed by atoms with Crippen molar-refractivity contribution in [3.8, 4) is 0 Å². The van der Waals surface area contributed by atoms with Crippen molar-refractivity contribution in [2.75, 3.05) is 60.2 Å². The first-order valence-corrected chi connectivity index (χ1v) is 10.4. The van der Waals surface area contributed by atoms with Crippen LogP contribution < -0.4 is 0 Å². The van der Waals surface area contributed by atoms with Crippen molar-refractivity contribution in [3.63, 3.8) is 0 Å². The minimum atomic E-state index is -5.08. The third-order valence-corrected chi connectivity index (χ3v) is 6.23. The van der Waals surface area contributed by atoms with Gasteiger partial charge < -0.3 is 24.4 Å². The van der Waals surface area contributed by atoms with E-state index in [4.69, 9.17) is 19.4 Å². The fourth-order valence-electron chi connectivity index (χ4n) is 4.31. The molecule has 0 radical (unpaired) electrons. The number of methoxy groups -OCH3 is 1. The number of halogens is 3. The number of carboxylic acid groups (broad SMARTS) is 1. The van der Waals surface area contributed by atoms with E-state index in [-0.39, 0.29) is 5.91 Å². The summed E-state index contributed by atoms with van der Waals surface area (Å²) in [5.74, 6) is -1.05. The molecule has 0 bridgehead atoms. The van der Waals surface area contributed by atoms with Crippen LogP contribution in [0, 0.1) is 17.3 Å². The molecule has 1 saturated carbocycles. The predicted molar refractivity (Wildman–Crippen MR) is 103 cm³/mol. The van der Waals surface area contributed by atoms with Crippen LogP contribution in [0.25, 0.3) is 0 Å². The Kier molecular flexibility index (Phi) is 8.93. The first kappa shape index (κ1) is 24.9. The van der Waals surface area contributed by atoms with Crippen molar-refractivity contribution in [2.24, 2.45) is 17.3 Å². The van der Waals surface area contributed by atoms with Gasteiger partial charge in [0.05, 0.1) is 19.6 Å². The maximum absolute atomic E-state index is 12.2. The maximum atomic E-state index is 12.2. The minimum Gasteiger partial charge on any atom is -0.475 e. The minimum absolute atomic E-state index is 0.245. The zero-order valence-electron chi connectivity index (χ0n) is 17.7. The molecule has 10 heteroatoms. The topological polar surface area (TPSA) is 79.3 Å². The summed E-state index contributed by atoms with van der Waals surface area (Å²) in [7, 11) is 3.87. The Morgan fingerprint density at radius 3 is 2.27 bits per heavy atom. The molecule has 30 heavy (non-hydrogen) atoms. The number of alkyl halides is 3. The van der Waals surface area contributed by atoms with Crippen LogP contribution in [-0.4, -0.2) is 93.1 Å². The lowest BCUT2D eigenvalue weighted by Gasteiger charge is -2.42. The summed E-state index contributed by atoms with van der Waals surface area (Å²) in [6.07, 6.45) is 0.376. The molecule has 3 rings (SSSR count). The zero-order valence-corrected chi connectivity index (χ0v) is 17.7. The Bertz CT molecular complexity index is 575. The summed E-state index contributed by atoms with van der Waals surface area (Å²) in [6, 6.07) is 0. The van der Waals surface area contributed by atoms with Crippen LogP contribution >= 0.6 is 0 Å². The Morgan fingerprint density at radius 2 is 1.77 bits per heavy atom. The highest BCUT2D eigenvalue weighted by Crippen LogP contribution is 2.44. The highest BCUT2D eigenvalue weighted by Gasteiger charge is 2.47. The standard InChI is InChI=1S/C18H32N2O3.C2HF3O2/c1-19-11-16(13-23-12-15-3-4-15)18(14-19)6-8-20(9-7-18)17(21)5-10-22-2;3-2(4,5)1(6)7/h15-16H,3-14H2,1-2H3;(H,6,7). The first-order chi connectivity index (χ1) is 14.1. The van der Waals surface area contributed by atoms with E-state index in [2.05, 4.69) is 11.9 Å². The lowest BCUT2D eigenvalue weighted by atomic mass is 9.71. The van der Waals surface area contributed by atoms with E-state index in [9.17, 15) is 18.0 Å². The van der Waals surface area contributed by atoms with Gasteiger partial charge in [0.15, 0.2) is 0 Å². The molecular weight excluding hydrogens is 405 g/mol. The third-order valence-electron chi connectivity index (χ3n) is 6.23. The van der Waals surface area contributed by atoms with Crippen LogP contribution in [0.2, 0.25) is 0 Å². The van der Waals surface area contributed by atoms with Crippen LogP contribution in [0.5, 0.6) is 0 Å². The van der Waals surface area contributed by atoms with E-state index in [1.807, 2.05) is 4.90 Å². The number of nitrogens with zero attached hydrogens (tertiary/aromatic N) is 2. The molecule has 1 unspecified atom stereocenters. The van der Waals surface area contributed by atoms with Crippen molar-refractivity contribution >= 4 is 11.9 Å². The normalized spacial score (nSPS) is 23.9. The third kappa shape index (κ3) is 7.39. The molecule has 7 nitrogen and oxygen atoms in total. The summed E-state index contributed by atoms with van der Waals surface area (Å²) < 4.78 is 42.8. The van der Waals surface area contributed by atoms with Gasteiger partial charge in [0.1, 0.15) is 0 Å². The summed E-state index contributed by atoms with van der Waals surface area (Å²) in [4.78, 5) is 25.6. The van der Waals surface area contributed by atoms with Crippen molar-refractivity contribution in [2.45, 2.75) is 38.3 Å². The molecule has 1 atom stereocenters. The van der Waals surface area contributed by atoms with E-state index in [0.29, 0.717) is 24.4 Å². The number of carboxylic acids is 1. The average Bonchev–Trinajstić information content (AvgIpc) is 3.44. The fraction of sp³-hybridized carbons (Fsp3) is 0.900.